The maximum atomic E-state index is 12.9. The third-order valence-electron chi connectivity index (χ3n) is 4.08. The van der Waals surface area contributed by atoms with Gasteiger partial charge >= 0.3 is 5.69 Å². The number of H-pyrrole nitrogens is 2. The molecule has 10 nitrogen and oxygen atoms in total. The Labute approximate surface area is 142 Å². The summed E-state index contributed by atoms with van der Waals surface area (Å²) < 4.78 is 0. The number of hydrogen-bond donors (Lipinski definition) is 2. The molecule has 0 aliphatic carbocycles. The zero-order chi connectivity index (χ0) is 18.6. The smallest absolute Gasteiger partial charge is 0.312 e. The Hall–Kier alpha value is -4.08. The van der Waals surface area contributed by atoms with E-state index in [1.807, 2.05) is 4.98 Å². The Bertz CT molecular complexity index is 1260. The van der Waals surface area contributed by atoms with Gasteiger partial charge in [-0.15, -0.1) is 0 Å². The minimum atomic E-state index is -0.934. The number of nitro groups is 1. The number of carbonyl (C=O) groups excluding carboxylic acids is 2. The van der Waals surface area contributed by atoms with E-state index in [2.05, 4.69) is 4.98 Å². The van der Waals surface area contributed by atoms with Crippen molar-refractivity contribution in [1.29, 1.82) is 0 Å². The lowest BCUT2D eigenvalue weighted by Gasteiger charge is -2.26. The summed E-state index contributed by atoms with van der Waals surface area (Å²) in [6.45, 7) is 0. The van der Waals surface area contributed by atoms with Gasteiger partial charge in [-0.2, -0.15) is 0 Å². The highest BCUT2D eigenvalue weighted by molar-refractivity contribution is 6.35. The molecule has 2 N–H and O–H groups in total. The highest BCUT2D eigenvalue weighted by Gasteiger charge is 2.36. The van der Waals surface area contributed by atoms with Crippen LogP contribution in [0.15, 0.2) is 46.1 Å². The van der Waals surface area contributed by atoms with E-state index in [4.69, 9.17) is 0 Å². The van der Waals surface area contributed by atoms with Crippen molar-refractivity contribution in [2.45, 2.75) is 0 Å². The third-order valence-corrected chi connectivity index (χ3v) is 4.08. The fourth-order valence-corrected chi connectivity index (χ4v) is 2.99. The normalized spacial score (nSPS) is 13.3. The van der Waals surface area contributed by atoms with Gasteiger partial charge in [0, 0.05) is 29.3 Å². The average Bonchev–Trinajstić information content (AvgIpc) is 2.60. The molecule has 1 aliphatic heterocycles. The van der Waals surface area contributed by atoms with Gasteiger partial charge in [0.05, 0.1) is 10.5 Å². The number of aromatic amines is 2. The summed E-state index contributed by atoms with van der Waals surface area (Å²) in [4.78, 5) is 64.1. The highest BCUT2D eigenvalue weighted by atomic mass is 16.6. The third kappa shape index (κ3) is 2.05. The van der Waals surface area contributed by atoms with Crippen LogP contribution in [0, 0.1) is 10.1 Å². The second kappa shape index (κ2) is 5.21. The van der Waals surface area contributed by atoms with Crippen molar-refractivity contribution in [3.63, 3.8) is 0 Å². The SMILES string of the molecule is O=C1c2cccc3cc([N+](=O)[O-])cc(c23)C(=O)N1c1c[nH]c(=O)[nH]c1=O. The maximum absolute atomic E-state index is 12.9. The number of imide groups is 1. The molecule has 0 atom stereocenters. The van der Waals surface area contributed by atoms with Crippen LogP contribution in [0.3, 0.4) is 0 Å². The van der Waals surface area contributed by atoms with Crippen molar-refractivity contribution in [3.05, 3.63) is 78.6 Å². The molecule has 1 aliphatic rings. The van der Waals surface area contributed by atoms with E-state index in [1.165, 1.54) is 18.2 Å². The van der Waals surface area contributed by atoms with Gasteiger partial charge in [0.2, 0.25) is 0 Å². The Balaban J connectivity index is 2.04. The summed E-state index contributed by atoms with van der Waals surface area (Å²) >= 11 is 0. The van der Waals surface area contributed by atoms with Crippen molar-refractivity contribution in [2.24, 2.45) is 0 Å². The van der Waals surface area contributed by atoms with Gasteiger partial charge in [-0.3, -0.25) is 29.5 Å². The van der Waals surface area contributed by atoms with Crippen LogP contribution in [0.25, 0.3) is 10.8 Å². The molecule has 2 aromatic carbocycles. The molecule has 0 bridgehead atoms. The van der Waals surface area contributed by atoms with Gasteiger partial charge in [0.15, 0.2) is 0 Å². The van der Waals surface area contributed by atoms with E-state index >= 15 is 0 Å². The first-order chi connectivity index (χ1) is 12.4. The molecule has 1 aromatic heterocycles. The Morgan fingerprint density at radius 2 is 1.73 bits per heavy atom. The lowest BCUT2D eigenvalue weighted by atomic mass is 9.93. The molecule has 0 spiro atoms. The number of amides is 2. The van der Waals surface area contributed by atoms with Gasteiger partial charge in [-0.1, -0.05) is 12.1 Å². The molecule has 0 unspecified atom stereocenters. The second-order valence-electron chi connectivity index (χ2n) is 5.56. The fraction of sp³-hybridized carbons (Fsp3) is 0. The molecule has 2 amide bonds. The first kappa shape index (κ1) is 15.4. The van der Waals surface area contributed by atoms with Crippen molar-refractivity contribution < 1.29 is 14.5 Å². The first-order valence-electron chi connectivity index (χ1n) is 7.30. The number of aromatic nitrogens is 2. The number of nitro benzene ring substituents is 1. The molecule has 26 heavy (non-hydrogen) atoms. The molecule has 0 radical (unpaired) electrons. The van der Waals surface area contributed by atoms with Gasteiger partial charge in [0.25, 0.3) is 23.1 Å². The molecule has 0 saturated heterocycles. The van der Waals surface area contributed by atoms with Gasteiger partial charge < -0.3 is 4.98 Å². The predicted octanol–water partition coefficient (Wildman–Crippen LogP) is 0.925. The van der Waals surface area contributed by atoms with Crippen LogP contribution in [0.2, 0.25) is 0 Å². The molecule has 128 valence electrons. The minimum Gasteiger partial charge on any atom is -0.312 e. The highest BCUT2D eigenvalue weighted by Crippen LogP contribution is 2.34. The Morgan fingerprint density at radius 1 is 1.00 bits per heavy atom. The van der Waals surface area contributed by atoms with E-state index in [0.717, 1.165) is 12.3 Å². The molecule has 2 heterocycles. The number of nitrogens with one attached hydrogen (secondary N) is 2. The topological polar surface area (TPSA) is 146 Å². The summed E-state index contributed by atoms with van der Waals surface area (Å²) in [5.74, 6) is -1.65. The van der Waals surface area contributed by atoms with Gasteiger partial charge in [-0.25, -0.2) is 9.69 Å². The second-order valence-corrected chi connectivity index (χ2v) is 5.56. The number of hydrogen-bond acceptors (Lipinski definition) is 6. The first-order valence-corrected chi connectivity index (χ1v) is 7.30. The Morgan fingerprint density at radius 3 is 2.42 bits per heavy atom. The maximum Gasteiger partial charge on any atom is 0.325 e. The summed E-state index contributed by atoms with van der Waals surface area (Å²) in [6.07, 6.45) is 0.944. The molecule has 3 aromatic rings. The quantitative estimate of drug-likeness (QED) is 0.398. The van der Waals surface area contributed by atoms with Crippen molar-refractivity contribution in [2.75, 3.05) is 4.90 Å². The van der Waals surface area contributed by atoms with E-state index in [1.54, 1.807) is 6.07 Å². The van der Waals surface area contributed by atoms with Gasteiger partial charge in [0.1, 0.15) is 5.69 Å². The van der Waals surface area contributed by atoms with Crippen LogP contribution in [-0.2, 0) is 0 Å². The fourth-order valence-electron chi connectivity index (χ4n) is 2.99. The number of benzene rings is 2. The van der Waals surface area contributed by atoms with E-state index < -0.39 is 28.0 Å². The van der Waals surface area contributed by atoms with E-state index in [9.17, 15) is 29.3 Å². The molecular formula is C16H8N4O6. The van der Waals surface area contributed by atoms with Crippen LogP contribution in [0.5, 0.6) is 0 Å². The van der Waals surface area contributed by atoms with Crippen molar-refractivity contribution in [1.82, 2.24) is 9.97 Å². The number of non-ortho nitro benzene ring substituents is 1. The molecule has 0 saturated carbocycles. The summed E-state index contributed by atoms with van der Waals surface area (Å²) in [7, 11) is 0. The Kier molecular flexibility index (Phi) is 3.09. The zero-order valence-electron chi connectivity index (χ0n) is 12.8. The number of nitrogens with zero attached hydrogens (tertiary/aromatic N) is 2. The largest absolute Gasteiger partial charge is 0.325 e. The number of rotatable bonds is 2. The van der Waals surface area contributed by atoms with Crippen LogP contribution in [0.4, 0.5) is 11.4 Å². The zero-order valence-corrected chi connectivity index (χ0v) is 12.8. The van der Waals surface area contributed by atoms with Crippen molar-refractivity contribution >= 4 is 34.0 Å². The molecular weight excluding hydrogens is 344 g/mol. The van der Waals surface area contributed by atoms with Crippen LogP contribution >= 0.6 is 0 Å². The van der Waals surface area contributed by atoms with E-state index in [-0.39, 0.29) is 27.9 Å². The van der Waals surface area contributed by atoms with Gasteiger partial charge in [-0.05, 0) is 11.5 Å². The molecule has 0 fully saturated rings. The lowest BCUT2D eigenvalue weighted by molar-refractivity contribution is -0.384. The average molecular weight is 352 g/mol. The van der Waals surface area contributed by atoms with Crippen LogP contribution < -0.4 is 16.1 Å². The summed E-state index contributed by atoms with van der Waals surface area (Å²) in [5, 5.41) is 11.8. The summed E-state index contributed by atoms with van der Waals surface area (Å²) in [5.41, 5.74) is -2.38. The number of carbonyl (C=O) groups is 2. The predicted molar refractivity (Wildman–Crippen MR) is 89.4 cm³/mol. The van der Waals surface area contributed by atoms with Crippen molar-refractivity contribution in [3.8, 4) is 0 Å². The van der Waals surface area contributed by atoms with Crippen LogP contribution in [0.1, 0.15) is 20.7 Å². The standard InChI is InChI=1S/C16H8N4O6/c21-13-11(6-17-16(24)18-13)19-14(22)9-3-1-2-7-4-8(20(25)26)5-10(12(7)9)15(19)23/h1-6H,(H2,17,18,21,24). The molecule has 4 rings (SSSR count). The number of anilines is 1. The lowest BCUT2D eigenvalue weighted by Crippen LogP contribution is -2.44. The minimum absolute atomic E-state index is 0.0741. The monoisotopic (exact) mass is 352 g/mol. The van der Waals surface area contributed by atoms with E-state index in [0.29, 0.717) is 10.3 Å². The molecule has 10 heteroatoms. The summed E-state index contributed by atoms with van der Waals surface area (Å²) in [6, 6.07) is 6.87. The van der Waals surface area contributed by atoms with Crippen LogP contribution in [-0.4, -0.2) is 26.7 Å².